The summed E-state index contributed by atoms with van der Waals surface area (Å²) in [6.07, 6.45) is 12.9. The van der Waals surface area contributed by atoms with E-state index >= 15 is 0 Å². The average Bonchev–Trinajstić information content (AvgIpc) is 2.48. The zero-order chi connectivity index (χ0) is 18.3. The molecule has 2 atom stereocenters. The van der Waals surface area contributed by atoms with Crippen molar-refractivity contribution in [3.63, 3.8) is 0 Å². The zero-order valence-corrected chi connectivity index (χ0v) is 15.9. The molecule has 3 N–H and O–H groups in total. The number of carbonyl (C=O) groups is 1. The summed E-state index contributed by atoms with van der Waals surface area (Å²) in [6.45, 7) is 2.87. The van der Waals surface area contributed by atoms with E-state index in [0.717, 1.165) is 19.3 Å². The van der Waals surface area contributed by atoms with Crippen LogP contribution in [0.15, 0.2) is 0 Å². The number of aliphatic hydroxyl groups is 2. The maximum Gasteiger partial charge on any atom is 0.359 e. The van der Waals surface area contributed by atoms with Crippen LogP contribution in [-0.4, -0.2) is 65.2 Å². The lowest BCUT2D eigenvalue weighted by molar-refractivity contribution is -0.905. The average molecular weight is 347 g/mol. The minimum Gasteiger partial charge on any atom is -0.477 e. The molecule has 0 saturated heterocycles. The van der Waals surface area contributed by atoms with E-state index in [1.807, 2.05) is 0 Å². The molecular formula is C19H40NO4+. The van der Waals surface area contributed by atoms with Crippen molar-refractivity contribution in [1.29, 1.82) is 0 Å². The standard InChI is InChI=1S/C19H39NO4/c1-3-4-5-6-7-8-9-10-11-12-13-18(22)16-20(2,14-15-21)17-19(23)24/h18,21-22H,3-17H2,1-2H3/p+1. The van der Waals surface area contributed by atoms with Crippen LogP contribution in [0.1, 0.15) is 77.6 Å². The van der Waals surface area contributed by atoms with Crippen LogP contribution >= 0.6 is 0 Å². The van der Waals surface area contributed by atoms with Crippen molar-refractivity contribution in [1.82, 2.24) is 0 Å². The third kappa shape index (κ3) is 13.8. The lowest BCUT2D eigenvalue weighted by Gasteiger charge is -2.34. The first kappa shape index (κ1) is 23.4. The van der Waals surface area contributed by atoms with Crippen LogP contribution in [0.5, 0.6) is 0 Å². The van der Waals surface area contributed by atoms with Gasteiger partial charge in [0.25, 0.3) is 0 Å². The normalized spacial score (nSPS) is 15.2. The van der Waals surface area contributed by atoms with Gasteiger partial charge in [-0.25, -0.2) is 4.79 Å². The molecule has 0 aliphatic heterocycles. The fraction of sp³-hybridized carbons (Fsp3) is 0.947. The number of hydrogen-bond donors (Lipinski definition) is 3. The van der Waals surface area contributed by atoms with Gasteiger partial charge in [-0.2, -0.15) is 0 Å². The Morgan fingerprint density at radius 2 is 1.46 bits per heavy atom. The SMILES string of the molecule is CCCCCCCCCCCCC(O)C[N+](C)(CCO)CC(=O)O. The van der Waals surface area contributed by atoms with Crippen molar-refractivity contribution in [2.45, 2.75) is 83.7 Å². The van der Waals surface area contributed by atoms with Gasteiger partial charge in [-0.3, -0.25) is 0 Å². The van der Waals surface area contributed by atoms with E-state index in [1.165, 1.54) is 51.4 Å². The van der Waals surface area contributed by atoms with Crippen molar-refractivity contribution in [3.8, 4) is 0 Å². The molecule has 144 valence electrons. The number of carboxylic acid groups (broad SMARTS) is 1. The second-order valence-electron chi connectivity index (χ2n) is 7.43. The third-order valence-corrected chi connectivity index (χ3v) is 4.70. The molecular weight excluding hydrogens is 306 g/mol. The topological polar surface area (TPSA) is 77.8 Å². The van der Waals surface area contributed by atoms with E-state index in [4.69, 9.17) is 10.2 Å². The zero-order valence-electron chi connectivity index (χ0n) is 15.9. The summed E-state index contributed by atoms with van der Waals surface area (Å²) in [7, 11) is 1.78. The lowest BCUT2D eigenvalue weighted by Crippen LogP contribution is -2.53. The van der Waals surface area contributed by atoms with Gasteiger partial charge in [-0.15, -0.1) is 0 Å². The molecule has 0 bridgehead atoms. The number of hydrogen-bond acceptors (Lipinski definition) is 3. The van der Waals surface area contributed by atoms with Crippen LogP contribution in [0.25, 0.3) is 0 Å². The Bertz CT molecular complexity index is 312. The first-order chi connectivity index (χ1) is 11.4. The molecule has 0 aromatic rings. The predicted molar refractivity (Wildman–Crippen MR) is 98.0 cm³/mol. The minimum atomic E-state index is -0.892. The Morgan fingerprint density at radius 1 is 0.958 bits per heavy atom. The number of rotatable bonds is 17. The number of unbranched alkanes of at least 4 members (excludes halogenated alkanes) is 9. The van der Waals surface area contributed by atoms with Crippen LogP contribution < -0.4 is 0 Å². The smallest absolute Gasteiger partial charge is 0.359 e. The van der Waals surface area contributed by atoms with Crippen molar-refractivity contribution in [2.75, 3.05) is 33.3 Å². The van der Waals surface area contributed by atoms with Gasteiger partial charge in [-0.05, 0) is 6.42 Å². The van der Waals surface area contributed by atoms with Gasteiger partial charge in [0.1, 0.15) is 19.2 Å². The molecule has 0 radical (unpaired) electrons. The quantitative estimate of drug-likeness (QED) is 0.279. The first-order valence-corrected chi connectivity index (χ1v) is 9.78. The lowest BCUT2D eigenvalue weighted by atomic mass is 10.0. The minimum absolute atomic E-state index is 0.0599. The van der Waals surface area contributed by atoms with E-state index < -0.39 is 12.1 Å². The number of likely N-dealkylation sites (N-methyl/N-ethyl adjacent to an activating group) is 1. The Labute approximate surface area is 148 Å². The summed E-state index contributed by atoms with van der Waals surface area (Å²) in [6, 6.07) is 0. The molecule has 5 nitrogen and oxygen atoms in total. The molecule has 0 heterocycles. The Kier molecular flexibility index (Phi) is 14.3. The van der Waals surface area contributed by atoms with Gasteiger partial charge in [0.15, 0.2) is 6.54 Å². The summed E-state index contributed by atoms with van der Waals surface area (Å²) >= 11 is 0. The largest absolute Gasteiger partial charge is 0.477 e. The van der Waals surface area contributed by atoms with Gasteiger partial charge in [0.2, 0.25) is 0 Å². The number of nitrogens with zero attached hydrogens (tertiary/aromatic N) is 1. The number of carboxylic acids is 1. The van der Waals surface area contributed by atoms with E-state index in [2.05, 4.69) is 6.92 Å². The first-order valence-electron chi connectivity index (χ1n) is 9.78. The van der Waals surface area contributed by atoms with E-state index in [0.29, 0.717) is 13.1 Å². The molecule has 0 rings (SSSR count). The van der Waals surface area contributed by atoms with E-state index in [1.54, 1.807) is 7.05 Å². The van der Waals surface area contributed by atoms with Crippen molar-refractivity contribution in [2.24, 2.45) is 0 Å². The maximum atomic E-state index is 10.9. The summed E-state index contributed by atoms with van der Waals surface area (Å²) in [5.41, 5.74) is 0. The maximum absolute atomic E-state index is 10.9. The molecule has 0 aromatic carbocycles. The van der Waals surface area contributed by atoms with Crippen LogP contribution in [0, 0.1) is 0 Å². The van der Waals surface area contributed by atoms with Gasteiger partial charge < -0.3 is 19.8 Å². The molecule has 0 aliphatic carbocycles. The van der Waals surface area contributed by atoms with Crippen molar-refractivity contribution in [3.05, 3.63) is 0 Å². The highest BCUT2D eigenvalue weighted by atomic mass is 16.4. The van der Waals surface area contributed by atoms with Gasteiger partial charge in [-0.1, -0.05) is 71.1 Å². The highest BCUT2D eigenvalue weighted by molar-refractivity contribution is 5.67. The van der Waals surface area contributed by atoms with Crippen LogP contribution in [-0.2, 0) is 4.79 Å². The third-order valence-electron chi connectivity index (χ3n) is 4.70. The van der Waals surface area contributed by atoms with Gasteiger partial charge in [0, 0.05) is 0 Å². The summed E-state index contributed by atoms with van der Waals surface area (Å²) in [4.78, 5) is 10.9. The monoisotopic (exact) mass is 346 g/mol. The molecule has 0 saturated carbocycles. The highest BCUT2D eigenvalue weighted by Gasteiger charge is 2.27. The summed E-state index contributed by atoms with van der Waals surface area (Å²) < 4.78 is 0.185. The molecule has 0 fully saturated rings. The van der Waals surface area contributed by atoms with E-state index in [-0.39, 0.29) is 17.6 Å². The highest BCUT2D eigenvalue weighted by Crippen LogP contribution is 2.13. The van der Waals surface area contributed by atoms with Crippen LogP contribution in [0.3, 0.4) is 0 Å². The van der Waals surface area contributed by atoms with Gasteiger partial charge >= 0.3 is 5.97 Å². The van der Waals surface area contributed by atoms with Crippen molar-refractivity contribution >= 4 is 5.97 Å². The van der Waals surface area contributed by atoms with E-state index in [9.17, 15) is 9.90 Å². The molecule has 0 aromatic heterocycles. The van der Waals surface area contributed by atoms with Crippen molar-refractivity contribution < 1.29 is 24.6 Å². The van der Waals surface area contributed by atoms with Crippen LogP contribution in [0.4, 0.5) is 0 Å². The number of aliphatic hydroxyl groups excluding tert-OH is 2. The molecule has 2 unspecified atom stereocenters. The fourth-order valence-electron chi connectivity index (χ4n) is 3.27. The second-order valence-corrected chi connectivity index (χ2v) is 7.43. The Morgan fingerprint density at radius 3 is 1.92 bits per heavy atom. The Hall–Kier alpha value is -0.650. The molecule has 0 spiro atoms. The Balaban J connectivity index is 3.70. The predicted octanol–water partition coefficient (Wildman–Crippen LogP) is 3.18. The number of aliphatic carboxylic acids is 1. The molecule has 5 heteroatoms. The molecule has 0 amide bonds. The number of quaternary nitrogens is 1. The second kappa shape index (κ2) is 14.7. The molecule has 24 heavy (non-hydrogen) atoms. The van der Waals surface area contributed by atoms with Gasteiger partial charge in [0.05, 0.1) is 13.7 Å². The fourth-order valence-corrected chi connectivity index (χ4v) is 3.27. The summed E-state index contributed by atoms with van der Waals surface area (Å²) in [5, 5.41) is 28.2. The summed E-state index contributed by atoms with van der Waals surface area (Å²) in [5.74, 6) is -0.892. The van der Waals surface area contributed by atoms with Crippen LogP contribution in [0.2, 0.25) is 0 Å². The molecule has 0 aliphatic rings.